The van der Waals surface area contributed by atoms with Crippen molar-refractivity contribution in [2.45, 2.75) is 38.8 Å². The number of fused-ring (bicyclic) bond motifs is 1. The summed E-state index contributed by atoms with van der Waals surface area (Å²) in [5, 5.41) is 13.6. The molecule has 0 fully saturated rings. The van der Waals surface area contributed by atoms with E-state index >= 15 is 0 Å². The van der Waals surface area contributed by atoms with E-state index in [4.69, 9.17) is 20.7 Å². The molecule has 0 aliphatic heterocycles. The van der Waals surface area contributed by atoms with Crippen LogP contribution in [0.2, 0.25) is 0 Å². The first kappa shape index (κ1) is 24.3. The number of hydrogen-bond donors (Lipinski definition) is 2. The largest absolute Gasteiger partial charge is 0.490 e. The lowest BCUT2D eigenvalue weighted by molar-refractivity contribution is 0.241. The van der Waals surface area contributed by atoms with Gasteiger partial charge in [-0.1, -0.05) is 48.7 Å². The van der Waals surface area contributed by atoms with Crippen molar-refractivity contribution in [1.82, 2.24) is 10.1 Å². The van der Waals surface area contributed by atoms with Gasteiger partial charge in [-0.2, -0.15) is 10.2 Å². The highest BCUT2D eigenvalue weighted by Crippen LogP contribution is 2.39. The molecule has 2 aromatic carbocycles. The van der Waals surface area contributed by atoms with E-state index < -0.39 is 0 Å². The van der Waals surface area contributed by atoms with Crippen molar-refractivity contribution in [3.8, 4) is 34.7 Å². The van der Waals surface area contributed by atoms with Crippen molar-refractivity contribution in [2.75, 3.05) is 0 Å². The molecule has 34 heavy (non-hydrogen) atoms. The Balaban J connectivity index is 0.000000751. The molecule has 4 rings (SSSR count). The maximum atomic E-state index is 9.45. The Bertz CT molecular complexity index is 1240. The minimum absolute atomic E-state index is 0.0269. The molecule has 1 aliphatic carbocycles. The van der Waals surface area contributed by atoms with Gasteiger partial charge in [0.25, 0.3) is 5.89 Å². The molecular formula is C26H28N6O2. The van der Waals surface area contributed by atoms with E-state index in [1.54, 1.807) is 30.4 Å². The summed E-state index contributed by atoms with van der Waals surface area (Å²) < 4.78 is 11.2. The molecule has 1 atom stereocenters. The van der Waals surface area contributed by atoms with Crippen LogP contribution in [0.15, 0.2) is 71.2 Å². The number of nitrogens with two attached hydrogens (primary N) is 2. The summed E-state index contributed by atoms with van der Waals surface area (Å²) in [5.74, 6) is 1.45. The fourth-order valence-electron chi connectivity index (χ4n) is 3.71. The molecule has 0 amide bonds. The monoisotopic (exact) mass is 456 g/mol. The maximum absolute atomic E-state index is 9.45. The lowest BCUT2D eigenvalue weighted by atomic mass is 10.0. The molecule has 1 unspecified atom stereocenters. The first-order valence-corrected chi connectivity index (χ1v) is 10.9. The van der Waals surface area contributed by atoms with Crippen LogP contribution in [-0.4, -0.2) is 22.2 Å². The van der Waals surface area contributed by atoms with E-state index in [9.17, 15) is 5.26 Å². The van der Waals surface area contributed by atoms with Crippen LogP contribution in [-0.2, 0) is 6.42 Å². The van der Waals surface area contributed by atoms with Gasteiger partial charge in [0.15, 0.2) is 5.96 Å². The van der Waals surface area contributed by atoms with Gasteiger partial charge in [-0.15, -0.1) is 0 Å². The van der Waals surface area contributed by atoms with Gasteiger partial charge in [0, 0.05) is 11.1 Å². The smallest absolute Gasteiger partial charge is 0.258 e. The van der Waals surface area contributed by atoms with Crippen LogP contribution in [0, 0.1) is 11.3 Å². The Kier molecular flexibility index (Phi) is 7.83. The molecule has 0 bridgehead atoms. The quantitative estimate of drug-likeness (QED) is 0.312. The fourth-order valence-corrected chi connectivity index (χ4v) is 3.71. The third kappa shape index (κ3) is 5.51. The van der Waals surface area contributed by atoms with Crippen LogP contribution in [0.4, 0.5) is 0 Å². The fraction of sp³-hybridized carbons (Fsp3) is 0.231. The topological polar surface area (TPSA) is 136 Å². The van der Waals surface area contributed by atoms with Gasteiger partial charge >= 0.3 is 0 Å². The number of hydrogen-bond acceptors (Lipinski definition) is 6. The Morgan fingerprint density at radius 1 is 1.26 bits per heavy atom. The molecule has 1 aliphatic rings. The van der Waals surface area contributed by atoms with E-state index in [0.29, 0.717) is 28.6 Å². The Hall–Kier alpha value is -4.38. The first-order valence-electron chi connectivity index (χ1n) is 10.9. The zero-order valence-electron chi connectivity index (χ0n) is 19.4. The predicted molar refractivity (Wildman–Crippen MR) is 133 cm³/mol. The van der Waals surface area contributed by atoms with E-state index in [1.165, 1.54) is 0 Å². The van der Waals surface area contributed by atoms with Crippen LogP contribution in [0.3, 0.4) is 0 Å². The van der Waals surface area contributed by atoms with Crippen molar-refractivity contribution in [3.63, 3.8) is 0 Å². The average molecular weight is 457 g/mol. The number of aliphatic imine (C=N–C) groups is 1. The normalized spacial score (nSPS) is 13.8. The maximum Gasteiger partial charge on any atom is 0.258 e. The second-order valence-corrected chi connectivity index (χ2v) is 7.87. The van der Waals surface area contributed by atoms with Crippen LogP contribution in [0.25, 0.3) is 22.8 Å². The average Bonchev–Trinajstić information content (AvgIpc) is 3.46. The molecule has 0 saturated heterocycles. The number of aromatic nitrogens is 2. The summed E-state index contributed by atoms with van der Waals surface area (Å²) >= 11 is 0. The van der Waals surface area contributed by atoms with Gasteiger partial charge in [0.2, 0.25) is 5.82 Å². The number of ether oxygens (including phenoxy) is 1. The highest BCUT2D eigenvalue weighted by atomic mass is 16.5. The summed E-state index contributed by atoms with van der Waals surface area (Å²) in [6, 6.07) is 13.3. The van der Waals surface area contributed by atoms with Gasteiger partial charge in [-0.3, -0.25) is 0 Å². The molecule has 8 nitrogen and oxygen atoms in total. The Labute approximate surface area is 199 Å². The first-order chi connectivity index (χ1) is 16.4. The van der Waals surface area contributed by atoms with Crippen LogP contribution in [0.5, 0.6) is 5.75 Å². The lowest BCUT2D eigenvalue weighted by Gasteiger charge is -2.11. The van der Waals surface area contributed by atoms with Gasteiger partial charge in [-0.05, 0) is 56.0 Å². The molecule has 3 aromatic rings. The number of guanidine groups is 1. The number of benzene rings is 2. The van der Waals surface area contributed by atoms with Gasteiger partial charge in [0.1, 0.15) is 11.8 Å². The van der Waals surface area contributed by atoms with Crippen LogP contribution < -0.4 is 16.2 Å². The Morgan fingerprint density at radius 2 is 2.03 bits per heavy atom. The van der Waals surface area contributed by atoms with Crippen molar-refractivity contribution >= 4 is 5.96 Å². The molecule has 8 heteroatoms. The predicted octanol–water partition coefficient (Wildman–Crippen LogP) is 4.68. The third-order valence-electron chi connectivity index (χ3n) is 5.09. The zero-order valence-corrected chi connectivity index (χ0v) is 19.4. The second kappa shape index (κ2) is 11.0. The molecule has 0 spiro atoms. The van der Waals surface area contributed by atoms with E-state index in [1.807, 2.05) is 32.0 Å². The summed E-state index contributed by atoms with van der Waals surface area (Å²) in [4.78, 5) is 8.89. The molecule has 1 heterocycles. The molecule has 0 radical (unpaired) electrons. The van der Waals surface area contributed by atoms with Gasteiger partial charge < -0.3 is 20.7 Å². The zero-order chi connectivity index (χ0) is 24.7. The SMILES string of the molecule is C=CC=C.CC(C)Oc1ccc(-c2nc(-c3cccc4c3CCC4N=C(N)N)no2)cc1C#N. The van der Waals surface area contributed by atoms with Gasteiger partial charge in [-0.25, -0.2) is 4.99 Å². The van der Waals surface area contributed by atoms with Crippen molar-refractivity contribution in [2.24, 2.45) is 16.5 Å². The van der Waals surface area contributed by atoms with E-state index in [-0.39, 0.29) is 18.1 Å². The number of rotatable bonds is 6. The van der Waals surface area contributed by atoms with Crippen LogP contribution in [0.1, 0.15) is 43.0 Å². The van der Waals surface area contributed by atoms with Crippen molar-refractivity contribution < 1.29 is 9.26 Å². The van der Waals surface area contributed by atoms with Crippen LogP contribution >= 0.6 is 0 Å². The van der Waals surface area contributed by atoms with Gasteiger partial charge in [0.05, 0.1) is 17.7 Å². The highest BCUT2D eigenvalue weighted by molar-refractivity contribution is 5.76. The third-order valence-corrected chi connectivity index (χ3v) is 5.09. The van der Waals surface area contributed by atoms with Crippen molar-refractivity contribution in [1.29, 1.82) is 5.26 Å². The molecule has 0 saturated carbocycles. The summed E-state index contributed by atoms with van der Waals surface area (Å²) in [6.07, 6.45) is 4.91. The molecule has 4 N–H and O–H groups in total. The van der Waals surface area contributed by atoms with E-state index in [0.717, 1.165) is 29.5 Å². The van der Waals surface area contributed by atoms with Crippen molar-refractivity contribution in [3.05, 3.63) is 78.4 Å². The summed E-state index contributed by atoms with van der Waals surface area (Å²) in [6.45, 7) is 10.5. The Morgan fingerprint density at radius 3 is 2.68 bits per heavy atom. The second-order valence-electron chi connectivity index (χ2n) is 7.87. The van der Waals surface area contributed by atoms with E-state index in [2.05, 4.69) is 34.4 Å². The number of nitriles is 1. The summed E-state index contributed by atoms with van der Waals surface area (Å²) in [7, 11) is 0. The number of nitrogens with zero attached hydrogens (tertiary/aromatic N) is 4. The summed E-state index contributed by atoms with van der Waals surface area (Å²) in [5.41, 5.74) is 15.3. The minimum atomic E-state index is -0.0528. The highest BCUT2D eigenvalue weighted by Gasteiger charge is 2.26. The lowest BCUT2D eigenvalue weighted by Crippen LogP contribution is -2.23. The number of allylic oxidation sites excluding steroid dienone is 2. The molecule has 1 aromatic heterocycles. The standard InChI is InChI=1S/C22H22N6O2.C4H6/c1-12(2)29-19-9-6-13(10-14(19)11-23)21-27-20(28-30-21)17-5-3-4-16-15(17)7-8-18(16)26-22(24)25;1-3-4-2/h3-6,9-10,12,18H,7-8H2,1-2H3,(H4,24,25,26);3-4H,1-2H2. The molecule has 174 valence electrons. The minimum Gasteiger partial charge on any atom is -0.490 e. The molecular weight excluding hydrogens is 428 g/mol.